The lowest BCUT2D eigenvalue weighted by atomic mass is 9.77. The van der Waals surface area contributed by atoms with Crippen molar-refractivity contribution >= 4 is 5.97 Å². The highest BCUT2D eigenvalue weighted by atomic mass is 16.5. The summed E-state index contributed by atoms with van der Waals surface area (Å²) in [5.74, 6) is -0.649. The van der Waals surface area contributed by atoms with Gasteiger partial charge in [0, 0.05) is 13.0 Å². The zero-order valence-electron chi connectivity index (χ0n) is 13.5. The van der Waals surface area contributed by atoms with Crippen molar-refractivity contribution in [3.05, 3.63) is 35.9 Å². The lowest BCUT2D eigenvalue weighted by Gasteiger charge is -2.35. The molecule has 1 rings (SSSR count). The van der Waals surface area contributed by atoms with Crippen LogP contribution in [-0.4, -0.2) is 30.9 Å². The van der Waals surface area contributed by atoms with Crippen LogP contribution in [0.5, 0.6) is 0 Å². The van der Waals surface area contributed by atoms with Crippen LogP contribution < -0.4 is 0 Å². The van der Waals surface area contributed by atoms with E-state index in [1.165, 1.54) is 0 Å². The second kappa shape index (κ2) is 7.57. The molecular weight excluding hydrogens is 268 g/mol. The van der Waals surface area contributed by atoms with E-state index in [1.807, 2.05) is 37.3 Å². The molecule has 0 radical (unpaired) electrons. The van der Waals surface area contributed by atoms with Gasteiger partial charge in [-0.3, -0.25) is 4.79 Å². The third-order valence-corrected chi connectivity index (χ3v) is 3.90. The second-order valence-corrected chi connectivity index (χ2v) is 5.81. The molecule has 21 heavy (non-hydrogen) atoms. The number of aliphatic hydroxyl groups is 1. The highest BCUT2D eigenvalue weighted by Gasteiger charge is 2.42. The van der Waals surface area contributed by atoms with Gasteiger partial charge in [-0.2, -0.15) is 0 Å². The normalized spacial score (nSPS) is 16.1. The van der Waals surface area contributed by atoms with Gasteiger partial charge in [0.05, 0.1) is 24.2 Å². The summed E-state index contributed by atoms with van der Waals surface area (Å²) >= 11 is 0. The lowest BCUT2D eigenvalue weighted by molar-refractivity contribution is -0.164. The number of carbonyl (C=O) groups is 1. The molecule has 0 aliphatic heterocycles. The predicted molar refractivity (Wildman–Crippen MR) is 81.8 cm³/mol. The summed E-state index contributed by atoms with van der Waals surface area (Å²) in [7, 11) is 1.61. The first-order chi connectivity index (χ1) is 9.86. The third kappa shape index (κ3) is 4.05. The molecule has 118 valence electrons. The molecule has 0 saturated heterocycles. The summed E-state index contributed by atoms with van der Waals surface area (Å²) in [6, 6.07) is 9.69. The molecule has 0 heterocycles. The molecule has 0 aliphatic carbocycles. The minimum Gasteiger partial charge on any atom is -0.466 e. The molecule has 0 aliphatic rings. The Kier molecular flexibility index (Phi) is 6.37. The number of methoxy groups -OCH3 is 1. The molecule has 0 aromatic heterocycles. The number of ether oxygens (including phenoxy) is 2. The third-order valence-electron chi connectivity index (χ3n) is 3.90. The molecule has 0 spiro atoms. The molecule has 4 nitrogen and oxygen atoms in total. The summed E-state index contributed by atoms with van der Waals surface area (Å²) in [6.45, 7) is 7.34. The number of aliphatic hydroxyl groups excluding tert-OH is 1. The smallest absolute Gasteiger partial charge is 0.314 e. The van der Waals surface area contributed by atoms with Gasteiger partial charge in [-0.15, -0.1) is 0 Å². The van der Waals surface area contributed by atoms with E-state index in [9.17, 15) is 9.90 Å². The van der Waals surface area contributed by atoms with E-state index < -0.39 is 17.5 Å². The van der Waals surface area contributed by atoms with Gasteiger partial charge in [0.25, 0.3) is 0 Å². The van der Waals surface area contributed by atoms with Crippen molar-refractivity contribution in [2.24, 2.45) is 11.3 Å². The van der Waals surface area contributed by atoms with Crippen molar-refractivity contribution in [3.8, 4) is 0 Å². The van der Waals surface area contributed by atoms with E-state index in [4.69, 9.17) is 9.47 Å². The molecule has 0 fully saturated rings. The standard InChI is InChI=1S/C17H26O4/c1-6-21-16(19)17(3,4)15(18)12(2)14(20-5)13-10-8-7-9-11-13/h7-12,14-15,18H,6H2,1-5H3/t12-,14-,15-/m0/s1. The van der Waals surface area contributed by atoms with E-state index in [0.717, 1.165) is 5.56 Å². The Hall–Kier alpha value is -1.39. The molecule has 1 aromatic carbocycles. The van der Waals surface area contributed by atoms with Crippen molar-refractivity contribution in [3.63, 3.8) is 0 Å². The summed E-state index contributed by atoms with van der Waals surface area (Å²) in [5.41, 5.74) is -0.00716. The molecule has 0 amide bonds. The average Bonchev–Trinajstić information content (AvgIpc) is 2.48. The predicted octanol–water partition coefficient (Wildman–Crippen LogP) is 2.96. The fourth-order valence-electron chi connectivity index (χ4n) is 2.56. The van der Waals surface area contributed by atoms with Crippen LogP contribution in [0, 0.1) is 11.3 Å². The maximum Gasteiger partial charge on any atom is 0.314 e. The van der Waals surface area contributed by atoms with Gasteiger partial charge < -0.3 is 14.6 Å². The highest BCUT2D eigenvalue weighted by molar-refractivity contribution is 5.76. The highest BCUT2D eigenvalue weighted by Crippen LogP contribution is 2.36. The molecular formula is C17H26O4. The molecule has 0 bridgehead atoms. The van der Waals surface area contributed by atoms with Gasteiger partial charge in [0.15, 0.2) is 0 Å². The van der Waals surface area contributed by atoms with Crippen molar-refractivity contribution in [1.82, 2.24) is 0 Å². The Morgan fingerprint density at radius 2 is 1.86 bits per heavy atom. The van der Waals surface area contributed by atoms with E-state index in [0.29, 0.717) is 6.61 Å². The van der Waals surface area contributed by atoms with Crippen molar-refractivity contribution in [2.75, 3.05) is 13.7 Å². The van der Waals surface area contributed by atoms with Crippen LogP contribution >= 0.6 is 0 Å². The zero-order chi connectivity index (χ0) is 16.0. The van der Waals surface area contributed by atoms with Crippen molar-refractivity contribution < 1.29 is 19.4 Å². The Labute approximate surface area is 127 Å². The van der Waals surface area contributed by atoms with E-state index in [1.54, 1.807) is 27.9 Å². The lowest BCUT2D eigenvalue weighted by Crippen LogP contribution is -2.44. The molecule has 1 aromatic rings. The van der Waals surface area contributed by atoms with E-state index in [-0.39, 0.29) is 12.0 Å². The monoisotopic (exact) mass is 294 g/mol. The summed E-state index contributed by atoms with van der Waals surface area (Å²) < 4.78 is 10.6. The van der Waals surface area contributed by atoms with Crippen molar-refractivity contribution in [2.45, 2.75) is 39.9 Å². The van der Waals surface area contributed by atoms with Crippen LogP contribution in [-0.2, 0) is 14.3 Å². The van der Waals surface area contributed by atoms with E-state index >= 15 is 0 Å². The topological polar surface area (TPSA) is 55.8 Å². The van der Waals surface area contributed by atoms with Crippen molar-refractivity contribution in [1.29, 1.82) is 0 Å². The van der Waals surface area contributed by atoms with Gasteiger partial charge >= 0.3 is 5.97 Å². The van der Waals surface area contributed by atoms with Crippen LogP contribution in [0.3, 0.4) is 0 Å². The quantitative estimate of drug-likeness (QED) is 0.786. The fraction of sp³-hybridized carbons (Fsp3) is 0.588. The number of esters is 1. The zero-order valence-corrected chi connectivity index (χ0v) is 13.5. The van der Waals surface area contributed by atoms with Crippen LogP contribution in [0.15, 0.2) is 30.3 Å². The number of benzene rings is 1. The van der Waals surface area contributed by atoms with Gasteiger partial charge in [0.2, 0.25) is 0 Å². The first kappa shape index (κ1) is 17.7. The summed E-state index contributed by atoms with van der Waals surface area (Å²) in [6.07, 6.45) is -1.16. The largest absolute Gasteiger partial charge is 0.466 e. The number of rotatable bonds is 7. The first-order valence-corrected chi connectivity index (χ1v) is 7.29. The van der Waals surface area contributed by atoms with Crippen LogP contribution in [0.25, 0.3) is 0 Å². The molecule has 4 heteroatoms. The SMILES string of the molecule is CCOC(=O)C(C)(C)[C@@H](O)[C@@H](C)[C@H](OC)c1ccccc1. The van der Waals surface area contributed by atoms with Gasteiger partial charge in [-0.05, 0) is 26.3 Å². The van der Waals surface area contributed by atoms with Gasteiger partial charge in [-0.1, -0.05) is 37.3 Å². The van der Waals surface area contributed by atoms with Gasteiger partial charge in [0.1, 0.15) is 0 Å². The maximum absolute atomic E-state index is 12.0. The fourth-order valence-corrected chi connectivity index (χ4v) is 2.56. The Morgan fingerprint density at radius 1 is 1.29 bits per heavy atom. The van der Waals surface area contributed by atoms with Gasteiger partial charge in [-0.25, -0.2) is 0 Å². The average molecular weight is 294 g/mol. The molecule has 0 unspecified atom stereocenters. The summed E-state index contributed by atoms with van der Waals surface area (Å²) in [4.78, 5) is 12.0. The number of hydrogen-bond acceptors (Lipinski definition) is 4. The van der Waals surface area contributed by atoms with Crippen LogP contribution in [0.1, 0.15) is 39.4 Å². The molecule has 1 N–H and O–H groups in total. The Bertz CT molecular complexity index is 441. The molecule has 0 saturated carbocycles. The molecule has 3 atom stereocenters. The maximum atomic E-state index is 12.0. The number of hydrogen-bond donors (Lipinski definition) is 1. The Morgan fingerprint density at radius 3 is 2.33 bits per heavy atom. The second-order valence-electron chi connectivity index (χ2n) is 5.81. The summed E-state index contributed by atoms with van der Waals surface area (Å²) in [5, 5.41) is 10.6. The van der Waals surface area contributed by atoms with Crippen LogP contribution in [0.4, 0.5) is 0 Å². The van der Waals surface area contributed by atoms with E-state index in [2.05, 4.69) is 0 Å². The number of carbonyl (C=O) groups excluding carboxylic acids is 1. The van der Waals surface area contributed by atoms with Crippen LogP contribution in [0.2, 0.25) is 0 Å². The minimum absolute atomic E-state index is 0.253. The Balaban J connectivity index is 2.94. The first-order valence-electron chi connectivity index (χ1n) is 7.29. The minimum atomic E-state index is -0.985.